The highest BCUT2D eigenvalue weighted by Gasteiger charge is 2.42. The van der Waals surface area contributed by atoms with E-state index < -0.39 is 5.60 Å². The van der Waals surface area contributed by atoms with Gasteiger partial charge < -0.3 is 14.4 Å². The Labute approximate surface area is 103 Å². The molecule has 2 fully saturated rings. The smallest absolute Gasteiger partial charge is 0.410 e. The quantitative estimate of drug-likeness (QED) is 0.634. The minimum atomic E-state index is -0.435. The Balaban J connectivity index is 2.02. The van der Waals surface area contributed by atoms with Crippen molar-refractivity contribution in [1.82, 2.24) is 9.80 Å². The normalized spacial score (nSPS) is 30.2. The van der Waals surface area contributed by atoms with Gasteiger partial charge in [0, 0.05) is 19.6 Å². The van der Waals surface area contributed by atoms with Crippen LogP contribution < -0.4 is 0 Å². The number of likely N-dealkylation sites (N-methyl/N-ethyl adjacent to an activating group) is 1. The second-order valence-corrected chi connectivity index (χ2v) is 5.87. The maximum Gasteiger partial charge on any atom is 0.410 e. The van der Waals surface area contributed by atoms with E-state index >= 15 is 0 Å². The molecule has 0 aromatic rings. The van der Waals surface area contributed by atoms with Gasteiger partial charge in [0.25, 0.3) is 0 Å². The first-order chi connectivity index (χ1) is 7.87. The third kappa shape index (κ3) is 2.90. The van der Waals surface area contributed by atoms with Gasteiger partial charge in [0.05, 0.1) is 18.8 Å². The number of ether oxygens (including phenoxy) is 2. The molecule has 0 aromatic heterocycles. The number of amides is 1. The standard InChI is InChI=1S/C12H22N2O3/c1-12(2,3)17-11(15)14-5-6-16-10-8-13(4)7-9(10)14/h9-10H,5-8H2,1-4H3/t9-,10?/m1/s1. The van der Waals surface area contributed by atoms with E-state index in [9.17, 15) is 4.79 Å². The fourth-order valence-corrected chi connectivity index (χ4v) is 2.42. The summed E-state index contributed by atoms with van der Waals surface area (Å²) in [6, 6.07) is 0.142. The summed E-state index contributed by atoms with van der Waals surface area (Å²) in [7, 11) is 2.05. The highest BCUT2D eigenvalue weighted by Crippen LogP contribution is 2.23. The number of carbonyl (C=O) groups is 1. The zero-order valence-corrected chi connectivity index (χ0v) is 11.1. The summed E-state index contributed by atoms with van der Waals surface area (Å²) in [5, 5.41) is 0. The highest BCUT2D eigenvalue weighted by atomic mass is 16.6. The van der Waals surface area contributed by atoms with Gasteiger partial charge in [-0.15, -0.1) is 0 Å². The lowest BCUT2D eigenvalue weighted by Gasteiger charge is -2.37. The highest BCUT2D eigenvalue weighted by molar-refractivity contribution is 5.69. The summed E-state index contributed by atoms with van der Waals surface area (Å²) in [5.74, 6) is 0. The first-order valence-electron chi connectivity index (χ1n) is 6.16. The van der Waals surface area contributed by atoms with Gasteiger partial charge in [0.1, 0.15) is 5.60 Å². The Morgan fingerprint density at radius 2 is 2.06 bits per heavy atom. The van der Waals surface area contributed by atoms with Crippen LogP contribution in [0.3, 0.4) is 0 Å². The minimum absolute atomic E-state index is 0.140. The van der Waals surface area contributed by atoms with Crippen molar-refractivity contribution in [3.05, 3.63) is 0 Å². The summed E-state index contributed by atoms with van der Waals surface area (Å²) in [4.78, 5) is 16.1. The minimum Gasteiger partial charge on any atom is -0.444 e. The molecule has 2 aliphatic heterocycles. The molecule has 0 aliphatic carbocycles. The molecule has 2 saturated heterocycles. The third-order valence-electron chi connectivity index (χ3n) is 3.11. The Morgan fingerprint density at radius 3 is 2.71 bits per heavy atom. The average molecular weight is 242 g/mol. The Bertz CT molecular complexity index is 301. The van der Waals surface area contributed by atoms with Crippen molar-refractivity contribution in [3.63, 3.8) is 0 Å². The molecule has 5 nitrogen and oxygen atoms in total. The Hall–Kier alpha value is -0.810. The van der Waals surface area contributed by atoms with Crippen LogP contribution in [0.1, 0.15) is 20.8 Å². The maximum absolute atomic E-state index is 12.1. The van der Waals surface area contributed by atoms with Crippen LogP contribution >= 0.6 is 0 Å². The monoisotopic (exact) mass is 242 g/mol. The molecule has 1 unspecified atom stereocenters. The van der Waals surface area contributed by atoms with Gasteiger partial charge in [0.2, 0.25) is 0 Å². The number of likely N-dealkylation sites (tertiary alicyclic amines) is 1. The van der Waals surface area contributed by atoms with Gasteiger partial charge in [0.15, 0.2) is 0 Å². The average Bonchev–Trinajstić information content (AvgIpc) is 2.54. The number of nitrogens with zero attached hydrogens (tertiary/aromatic N) is 2. The molecule has 0 aromatic carbocycles. The number of hydrogen-bond acceptors (Lipinski definition) is 4. The van der Waals surface area contributed by atoms with E-state index in [1.807, 2.05) is 25.7 Å². The second kappa shape index (κ2) is 4.46. The van der Waals surface area contributed by atoms with Crippen LogP contribution in [-0.4, -0.2) is 66.9 Å². The molecule has 98 valence electrons. The molecule has 2 atom stereocenters. The second-order valence-electron chi connectivity index (χ2n) is 5.87. The van der Waals surface area contributed by atoms with Gasteiger partial charge in [-0.2, -0.15) is 0 Å². The van der Waals surface area contributed by atoms with Crippen LogP contribution in [0.5, 0.6) is 0 Å². The van der Waals surface area contributed by atoms with Crippen molar-refractivity contribution < 1.29 is 14.3 Å². The van der Waals surface area contributed by atoms with Gasteiger partial charge in [-0.3, -0.25) is 4.90 Å². The number of hydrogen-bond donors (Lipinski definition) is 0. The lowest BCUT2D eigenvalue weighted by atomic mass is 10.1. The lowest BCUT2D eigenvalue weighted by Crippen LogP contribution is -2.54. The molecule has 2 heterocycles. The van der Waals surface area contributed by atoms with E-state index in [-0.39, 0.29) is 18.2 Å². The number of morpholine rings is 1. The van der Waals surface area contributed by atoms with Gasteiger partial charge in [-0.1, -0.05) is 0 Å². The van der Waals surface area contributed by atoms with Crippen molar-refractivity contribution in [2.75, 3.05) is 33.3 Å². The molecule has 2 aliphatic rings. The molecule has 2 rings (SSSR count). The first-order valence-corrected chi connectivity index (χ1v) is 6.16. The Kier molecular flexibility index (Phi) is 3.32. The summed E-state index contributed by atoms with van der Waals surface area (Å²) >= 11 is 0. The largest absolute Gasteiger partial charge is 0.444 e. The first kappa shape index (κ1) is 12.6. The summed E-state index contributed by atoms with van der Waals surface area (Å²) < 4.78 is 11.1. The van der Waals surface area contributed by atoms with Gasteiger partial charge in [-0.25, -0.2) is 4.79 Å². The molecule has 0 bridgehead atoms. The summed E-state index contributed by atoms with van der Waals surface area (Å²) in [6.45, 7) is 8.67. The topological polar surface area (TPSA) is 42.0 Å². The van der Waals surface area contributed by atoms with Crippen molar-refractivity contribution >= 4 is 6.09 Å². The molecular weight excluding hydrogens is 220 g/mol. The summed E-state index contributed by atoms with van der Waals surface area (Å²) in [5.41, 5.74) is -0.435. The van der Waals surface area contributed by atoms with Crippen molar-refractivity contribution in [2.45, 2.75) is 38.5 Å². The number of rotatable bonds is 0. The SMILES string of the molecule is CN1CC2OCCN(C(=O)OC(C)(C)C)[C@@H]2C1. The van der Waals surface area contributed by atoms with Crippen LogP contribution in [0.4, 0.5) is 4.79 Å². The zero-order chi connectivity index (χ0) is 12.6. The molecule has 5 heteroatoms. The van der Waals surface area contributed by atoms with Crippen LogP contribution in [0.2, 0.25) is 0 Å². The molecule has 0 saturated carbocycles. The lowest BCUT2D eigenvalue weighted by molar-refractivity contribution is -0.0569. The van der Waals surface area contributed by atoms with E-state index in [0.29, 0.717) is 13.2 Å². The molecule has 1 amide bonds. The van der Waals surface area contributed by atoms with Crippen molar-refractivity contribution in [3.8, 4) is 0 Å². The number of carbonyl (C=O) groups excluding carboxylic acids is 1. The van der Waals surface area contributed by atoms with Crippen molar-refractivity contribution in [2.24, 2.45) is 0 Å². The van der Waals surface area contributed by atoms with Crippen LogP contribution in [0.25, 0.3) is 0 Å². The van der Waals surface area contributed by atoms with Gasteiger partial charge >= 0.3 is 6.09 Å². The molecule has 0 radical (unpaired) electrons. The molecule has 0 spiro atoms. The van der Waals surface area contributed by atoms with Crippen LogP contribution in [0.15, 0.2) is 0 Å². The van der Waals surface area contributed by atoms with Gasteiger partial charge in [-0.05, 0) is 27.8 Å². The summed E-state index contributed by atoms with van der Waals surface area (Å²) in [6.07, 6.45) is -0.0765. The molecule has 17 heavy (non-hydrogen) atoms. The molecular formula is C12H22N2O3. The van der Waals surface area contributed by atoms with E-state index in [1.165, 1.54) is 0 Å². The van der Waals surface area contributed by atoms with E-state index in [0.717, 1.165) is 13.1 Å². The predicted molar refractivity (Wildman–Crippen MR) is 64.0 cm³/mol. The van der Waals surface area contributed by atoms with Crippen LogP contribution in [0, 0.1) is 0 Å². The van der Waals surface area contributed by atoms with E-state index in [4.69, 9.17) is 9.47 Å². The zero-order valence-electron chi connectivity index (χ0n) is 11.1. The third-order valence-corrected chi connectivity index (χ3v) is 3.11. The fraction of sp³-hybridized carbons (Fsp3) is 0.917. The van der Waals surface area contributed by atoms with Crippen LogP contribution in [-0.2, 0) is 9.47 Å². The Morgan fingerprint density at radius 1 is 1.35 bits per heavy atom. The molecule has 0 N–H and O–H groups in total. The van der Waals surface area contributed by atoms with E-state index in [2.05, 4.69) is 11.9 Å². The van der Waals surface area contributed by atoms with Crippen molar-refractivity contribution in [1.29, 1.82) is 0 Å². The predicted octanol–water partition coefficient (Wildman–Crippen LogP) is 0.936. The van der Waals surface area contributed by atoms with E-state index in [1.54, 1.807) is 0 Å². The number of fused-ring (bicyclic) bond motifs is 1. The fourth-order valence-electron chi connectivity index (χ4n) is 2.42. The maximum atomic E-state index is 12.1.